The Hall–Kier alpha value is 0.310. The quantitative estimate of drug-likeness (QED) is 0.644. The molecule has 1 fully saturated rings. The Balaban J connectivity index is 1.90. The molecule has 0 amide bonds. The molecular weight excluding hydrogens is 226 g/mol. The van der Waals surface area contributed by atoms with Gasteiger partial charge in [0.1, 0.15) is 0 Å². The standard InChI is InChI=1S/C15H31NS/c1-17-13-9-5-8-12-16-14-15-10-6-3-2-4-7-11-15/h15-16H,2-14H2,1H3. The lowest BCUT2D eigenvalue weighted by atomic mass is 9.91. The molecule has 1 aliphatic carbocycles. The van der Waals surface area contributed by atoms with Crippen LogP contribution in [0.3, 0.4) is 0 Å². The molecule has 0 aromatic heterocycles. The first-order chi connectivity index (χ1) is 8.43. The van der Waals surface area contributed by atoms with E-state index in [1.807, 2.05) is 11.8 Å². The molecule has 0 aliphatic heterocycles. The number of unbranched alkanes of at least 4 members (excludes halogenated alkanes) is 2. The van der Waals surface area contributed by atoms with E-state index in [1.54, 1.807) is 0 Å². The molecule has 0 atom stereocenters. The van der Waals surface area contributed by atoms with Gasteiger partial charge in [-0.1, -0.05) is 38.5 Å². The number of thioether (sulfide) groups is 1. The highest BCUT2D eigenvalue weighted by molar-refractivity contribution is 7.98. The second-order valence-electron chi connectivity index (χ2n) is 5.47. The minimum atomic E-state index is 0.974. The molecule has 0 heterocycles. The highest BCUT2D eigenvalue weighted by Crippen LogP contribution is 2.21. The van der Waals surface area contributed by atoms with Crippen LogP contribution < -0.4 is 5.32 Å². The van der Waals surface area contributed by atoms with Gasteiger partial charge in [-0.15, -0.1) is 0 Å². The van der Waals surface area contributed by atoms with Crippen molar-refractivity contribution in [2.75, 3.05) is 25.1 Å². The van der Waals surface area contributed by atoms with Crippen molar-refractivity contribution in [3.63, 3.8) is 0 Å². The van der Waals surface area contributed by atoms with Gasteiger partial charge in [0.25, 0.3) is 0 Å². The maximum atomic E-state index is 3.67. The first-order valence-electron chi connectivity index (χ1n) is 7.63. The molecule has 0 unspecified atom stereocenters. The highest BCUT2D eigenvalue weighted by Gasteiger charge is 2.10. The molecule has 0 aromatic rings. The van der Waals surface area contributed by atoms with E-state index in [0.717, 1.165) is 5.92 Å². The fraction of sp³-hybridized carbons (Fsp3) is 1.00. The number of hydrogen-bond donors (Lipinski definition) is 1. The van der Waals surface area contributed by atoms with Crippen LogP contribution in [0.1, 0.15) is 64.2 Å². The van der Waals surface area contributed by atoms with E-state index in [2.05, 4.69) is 11.6 Å². The van der Waals surface area contributed by atoms with Crippen LogP contribution in [-0.2, 0) is 0 Å². The van der Waals surface area contributed by atoms with Crippen LogP contribution in [0.25, 0.3) is 0 Å². The van der Waals surface area contributed by atoms with Crippen LogP contribution in [0.15, 0.2) is 0 Å². The normalized spacial score (nSPS) is 18.9. The minimum Gasteiger partial charge on any atom is -0.316 e. The van der Waals surface area contributed by atoms with E-state index >= 15 is 0 Å². The zero-order valence-electron chi connectivity index (χ0n) is 11.7. The van der Waals surface area contributed by atoms with E-state index < -0.39 is 0 Å². The zero-order chi connectivity index (χ0) is 12.2. The molecule has 102 valence electrons. The second kappa shape index (κ2) is 11.4. The predicted octanol–water partition coefficient (Wildman–Crippen LogP) is 4.47. The minimum absolute atomic E-state index is 0.974. The Morgan fingerprint density at radius 2 is 1.65 bits per heavy atom. The topological polar surface area (TPSA) is 12.0 Å². The molecule has 0 spiro atoms. The molecule has 1 rings (SSSR count). The van der Waals surface area contributed by atoms with Gasteiger partial charge in [0, 0.05) is 0 Å². The third-order valence-electron chi connectivity index (χ3n) is 3.86. The van der Waals surface area contributed by atoms with Crippen molar-refractivity contribution in [3.8, 4) is 0 Å². The maximum absolute atomic E-state index is 3.67. The summed E-state index contributed by atoms with van der Waals surface area (Å²) in [5, 5.41) is 3.67. The molecule has 0 saturated heterocycles. The Morgan fingerprint density at radius 3 is 2.35 bits per heavy atom. The SMILES string of the molecule is CSCCCCCNCC1CCCCCCC1. The lowest BCUT2D eigenvalue weighted by Crippen LogP contribution is -2.24. The Bertz CT molecular complexity index is 153. The summed E-state index contributed by atoms with van der Waals surface area (Å²) in [6.45, 7) is 2.52. The zero-order valence-corrected chi connectivity index (χ0v) is 12.5. The Kier molecular flexibility index (Phi) is 10.3. The summed E-state index contributed by atoms with van der Waals surface area (Å²) in [7, 11) is 0. The van der Waals surface area contributed by atoms with Crippen LogP contribution in [0.4, 0.5) is 0 Å². The largest absolute Gasteiger partial charge is 0.316 e. The summed E-state index contributed by atoms with van der Waals surface area (Å²) >= 11 is 1.97. The van der Waals surface area contributed by atoms with E-state index in [9.17, 15) is 0 Å². The molecule has 0 aromatic carbocycles. The maximum Gasteiger partial charge on any atom is -0.00205 e. The van der Waals surface area contributed by atoms with Crippen molar-refractivity contribution in [1.29, 1.82) is 0 Å². The van der Waals surface area contributed by atoms with Gasteiger partial charge in [-0.25, -0.2) is 0 Å². The van der Waals surface area contributed by atoms with Gasteiger partial charge in [-0.3, -0.25) is 0 Å². The molecule has 2 heteroatoms. The van der Waals surface area contributed by atoms with E-state index in [-0.39, 0.29) is 0 Å². The van der Waals surface area contributed by atoms with E-state index in [1.165, 1.54) is 83.1 Å². The number of hydrogen-bond acceptors (Lipinski definition) is 2. The lowest BCUT2D eigenvalue weighted by Gasteiger charge is -2.20. The molecular formula is C15H31NS. The summed E-state index contributed by atoms with van der Waals surface area (Å²) in [4.78, 5) is 0. The first-order valence-corrected chi connectivity index (χ1v) is 9.02. The molecule has 17 heavy (non-hydrogen) atoms. The number of nitrogens with one attached hydrogen (secondary N) is 1. The van der Waals surface area contributed by atoms with Gasteiger partial charge in [0.05, 0.1) is 0 Å². The average Bonchev–Trinajstić information content (AvgIpc) is 2.30. The average molecular weight is 257 g/mol. The van der Waals surface area contributed by atoms with Gasteiger partial charge >= 0.3 is 0 Å². The van der Waals surface area contributed by atoms with Gasteiger partial charge < -0.3 is 5.32 Å². The first kappa shape index (κ1) is 15.4. The molecule has 1 saturated carbocycles. The van der Waals surface area contributed by atoms with Crippen molar-refractivity contribution in [2.45, 2.75) is 64.2 Å². The summed E-state index contributed by atoms with van der Waals surface area (Å²) in [5.74, 6) is 2.31. The molecule has 1 nitrogen and oxygen atoms in total. The van der Waals surface area contributed by atoms with Crippen molar-refractivity contribution in [2.24, 2.45) is 5.92 Å². The Labute approximate surface area is 113 Å². The van der Waals surface area contributed by atoms with E-state index in [0.29, 0.717) is 0 Å². The van der Waals surface area contributed by atoms with Crippen LogP contribution in [0, 0.1) is 5.92 Å². The number of rotatable bonds is 8. The molecule has 1 N–H and O–H groups in total. The lowest BCUT2D eigenvalue weighted by molar-refractivity contribution is 0.360. The van der Waals surface area contributed by atoms with Crippen LogP contribution >= 0.6 is 11.8 Å². The fourth-order valence-corrected chi connectivity index (χ4v) is 3.22. The third kappa shape index (κ3) is 8.96. The Morgan fingerprint density at radius 1 is 0.941 bits per heavy atom. The summed E-state index contributed by atoms with van der Waals surface area (Å²) < 4.78 is 0. The monoisotopic (exact) mass is 257 g/mol. The van der Waals surface area contributed by atoms with Crippen molar-refractivity contribution in [3.05, 3.63) is 0 Å². The van der Waals surface area contributed by atoms with Crippen LogP contribution in [0.2, 0.25) is 0 Å². The summed E-state index contributed by atoms with van der Waals surface area (Å²) in [6.07, 6.45) is 16.7. The third-order valence-corrected chi connectivity index (χ3v) is 4.56. The molecule has 0 radical (unpaired) electrons. The smallest absolute Gasteiger partial charge is 0.00205 e. The van der Waals surface area contributed by atoms with Gasteiger partial charge in [-0.2, -0.15) is 11.8 Å². The van der Waals surface area contributed by atoms with Crippen LogP contribution in [0.5, 0.6) is 0 Å². The van der Waals surface area contributed by atoms with Crippen molar-refractivity contribution >= 4 is 11.8 Å². The summed E-state index contributed by atoms with van der Waals surface area (Å²) in [6, 6.07) is 0. The van der Waals surface area contributed by atoms with Crippen molar-refractivity contribution in [1.82, 2.24) is 5.32 Å². The molecule has 1 aliphatic rings. The van der Waals surface area contributed by atoms with Gasteiger partial charge in [0.15, 0.2) is 0 Å². The highest BCUT2D eigenvalue weighted by atomic mass is 32.2. The summed E-state index contributed by atoms with van der Waals surface area (Å²) in [5.41, 5.74) is 0. The van der Waals surface area contributed by atoms with Crippen molar-refractivity contribution < 1.29 is 0 Å². The fourth-order valence-electron chi connectivity index (χ4n) is 2.72. The van der Waals surface area contributed by atoms with Crippen LogP contribution in [-0.4, -0.2) is 25.1 Å². The predicted molar refractivity (Wildman–Crippen MR) is 80.9 cm³/mol. The molecule has 0 bridgehead atoms. The van der Waals surface area contributed by atoms with E-state index in [4.69, 9.17) is 0 Å². The van der Waals surface area contributed by atoms with Gasteiger partial charge in [0.2, 0.25) is 0 Å². The second-order valence-corrected chi connectivity index (χ2v) is 6.45. The van der Waals surface area contributed by atoms with Gasteiger partial charge in [-0.05, 0) is 56.7 Å².